The van der Waals surface area contributed by atoms with Crippen LogP contribution in [-0.2, 0) is 4.74 Å². The highest BCUT2D eigenvalue weighted by atomic mass is 16.5. The molecule has 72 valence electrons. The van der Waals surface area contributed by atoms with E-state index in [2.05, 4.69) is 0 Å². The van der Waals surface area contributed by atoms with Crippen LogP contribution in [0.4, 0.5) is 0 Å². The Balaban J connectivity index is 2.63. The van der Waals surface area contributed by atoms with Crippen LogP contribution in [0, 0.1) is 11.8 Å². The largest absolute Gasteiger partial charge is 0.394 e. The molecule has 2 N–H and O–H groups in total. The summed E-state index contributed by atoms with van der Waals surface area (Å²) in [6.07, 6.45) is -0.523. The highest BCUT2D eigenvalue weighted by molar-refractivity contribution is 4.85. The van der Waals surface area contributed by atoms with Crippen LogP contribution in [0.5, 0.6) is 0 Å². The van der Waals surface area contributed by atoms with Gasteiger partial charge in [-0.1, -0.05) is 13.8 Å². The van der Waals surface area contributed by atoms with Gasteiger partial charge in [0.25, 0.3) is 0 Å². The van der Waals surface area contributed by atoms with E-state index in [0.717, 1.165) is 0 Å². The van der Waals surface area contributed by atoms with Gasteiger partial charge in [-0.15, -0.1) is 0 Å². The molecule has 0 saturated carbocycles. The summed E-state index contributed by atoms with van der Waals surface area (Å²) in [5, 5.41) is 18.7. The van der Waals surface area contributed by atoms with E-state index >= 15 is 0 Å². The van der Waals surface area contributed by atoms with Gasteiger partial charge in [-0.05, 0) is 6.92 Å². The van der Waals surface area contributed by atoms with Crippen molar-refractivity contribution in [3.63, 3.8) is 0 Å². The van der Waals surface area contributed by atoms with Crippen LogP contribution in [0.2, 0.25) is 0 Å². The second-order valence-corrected chi connectivity index (χ2v) is 3.77. The number of rotatable bonds is 1. The summed E-state index contributed by atoms with van der Waals surface area (Å²) < 4.78 is 5.52. The second kappa shape index (κ2) is 3.73. The van der Waals surface area contributed by atoms with Gasteiger partial charge in [-0.3, -0.25) is 0 Å². The first kappa shape index (κ1) is 9.96. The highest BCUT2D eigenvalue weighted by Crippen LogP contribution is 2.29. The van der Waals surface area contributed by atoms with Crippen LogP contribution in [-0.4, -0.2) is 35.1 Å². The summed E-state index contributed by atoms with van der Waals surface area (Å²) in [6, 6.07) is 0. The lowest BCUT2D eigenvalue weighted by atomic mass is 9.83. The fraction of sp³-hybridized carbons (Fsp3) is 1.00. The molecule has 12 heavy (non-hydrogen) atoms. The van der Waals surface area contributed by atoms with E-state index in [4.69, 9.17) is 9.84 Å². The Hall–Kier alpha value is -0.120. The minimum absolute atomic E-state index is 0.00468. The zero-order valence-electron chi connectivity index (χ0n) is 7.90. The Labute approximate surface area is 73.4 Å². The Morgan fingerprint density at radius 2 is 1.75 bits per heavy atom. The molecule has 0 aromatic carbocycles. The van der Waals surface area contributed by atoms with Gasteiger partial charge in [-0.25, -0.2) is 0 Å². The molecule has 1 aliphatic rings. The molecular weight excluding hydrogens is 156 g/mol. The molecule has 3 heteroatoms. The summed E-state index contributed by atoms with van der Waals surface area (Å²) in [5.74, 6) is 0.184. The fourth-order valence-electron chi connectivity index (χ4n) is 1.71. The lowest BCUT2D eigenvalue weighted by Gasteiger charge is -2.40. The molecular formula is C9H18O3. The molecule has 0 amide bonds. The zero-order chi connectivity index (χ0) is 9.30. The summed E-state index contributed by atoms with van der Waals surface area (Å²) >= 11 is 0. The van der Waals surface area contributed by atoms with Crippen molar-refractivity contribution in [2.45, 2.75) is 39.1 Å². The molecule has 0 bridgehead atoms. The van der Waals surface area contributed by atoms with Crippen LogP contribution >= 0.6 is 0 Å². The molecule has 0 aliphatic carbocycles. The van der Waals surface area contributed by atoms with Gasteiger partial charge >= 0.3 is 0 Å². The Morgan fingerprint density at radius 1 is 1.17 bits per heavy atom. The maximum absolute atomic E-state index is 9.73. The number of aliphatic hydroxyl groups is 2. The van der Waals surface area contributed by atoms with E-state index in [1.54, 1.807) is 0 Å². The van der Waals surface area contributed by atoms with Gasteiger partial charge in [0.1, 0.15) is 0 Å². The number of hydrogen-bond donors (Lipinski definition) is 2. The van der Waals surface area contributed by atoms with E-state index in [9.17, 15) is 5.11 Å². The van der Waals surface area contributed by atoms with Gasteiger partial charge in [0.2, 0.25) is 0 Å². The van der Waals surface area contributed by atoms with Crippen molar-refractivity contribution in [1.82, 2.24) is 0 Å². The highest BCUT2D eigenvalue weighted by Gasteiger charge is 2.37. The molecule has 0 aromatic rings. The molecule has 0 spiro atoms. The first-order valence-corrected chi connectivity index (χ1v) is 4.52. The quantitative estimate of drug-likeness (QED) is 0.605. The van der Waals surface area contributed by atoms with Crippen molar-refractivity contribution in [2.24, 2.45) is 11.8 Å². The van der Waals surface area contributed by atoms with Crippen LogP contribution in [0.1, 0.15) is 20.8 Å². The van der Waals surface area contributed by atoms with Crippen LogP contribution < -0.4 is 0 Å². The van der Waals surface area contributed by atoms with Gasteiger partial charge in [0.15, 0.2) is 0 Å². The average molecular weight is 174 g/mol. The first-order chi connectivity index (χ1) is 5.57. The molecule has 1 heterocycles. The third-order valence-corrected chi connectivity index (χ3v) is 2.97. The van der Waals surface area contributed by atoms with Crippen molar-refractivity contribution in [1.29, 1.82) is 0 Å². The second-order valence-electron chi connectivity index (χ2n) is 3.77. The van der Waals surface area contributed by atoms with Crippen molar-refractivity contribution in [3.05, 3.63) is 0 Å². The lowest BCUT2D eigenvalue weighted by molar-refractivity contribution is -0.168. The summed E-state index contributed by atoms with van der Waals surface area (Å²) in [7, 11) is 0. The standard InChI is InChI=1S/C9H18O3/c1-5-7(3)12-8(4-10)6(2)9(5)11/h5-11H,4H2,1-3H3/t5?,6-,7+,8?,9+/m1/s1. The van der Waals surface area contributed by atoms with Crippen molar-refractivity contribution >= 4 is 0 Å². The minimum atomic E-state index is -0.356. The monoisotopic (exact) mass is 174 g/mol. The summed E-state index contributed by atoms with van der Waals surface area (Å²) in [5.41, 5.74) is 0. The molecule has 2 unspecified atom stereocenters. The first-order valence-electron chi connectivity index (χ1n) is 4.52. The van der Waals surface area contributed by atoms with Gasteiger partial charge in [0.05, 0.1) is 24.9 Å². The smallest absolute Gasteiger partial charge is 0.0859 e. The van der Waals surface area contributed by atoms with E-state index in [1.807, 2.05) is 20.8 Å². The average Bonchev–Trinajstić information content (AvgIpc) is 2.08. The predicted octanol–water partition coefficient (Wildman–Crippen LogP) is 0.399. The van der Waals surface area contributed by atoms with E-state index < -0.39 is 0 Å². The molecule has 0 aromatic heterocycles. The van der Waals surface area contributed by atoms with Gasteiger partial charge in [0, 0.05) is 11.8 Å². The Kier molecular flexibility index (Phi) is 3.09. The Bertz CT molecular complexity index is 144. The third kappa shape index (κ3) is 1.63. The van der Waals surface area contributed by atoms with Gasteiger partial charge < -0.3 is 14.9 Å². The number of aliphatic hydroxyl groups excluding tert-OH is 2. The van der Waals surface area contributed by atoms with E-state index in [0.29, 0.717) is 0 Å². The predicted molar refractivity (Wildman–Crippen MR) is 45.8 cm³/mol. The van der Waals surface area contributed by atoms with Crippen LogP contribution in [0.25, 0.3) is 0 Å². The van der Waals surface area contributed by atoms with Gasteiger partial charge in [-0.2, -0.15) is 0 Å². The van der Waals surface area contributed by atoms with E-state index in [-0.39, 0.29) is 36.8 Å². The molecule has 0 radical (unpaired) electrons. The normalized spacial score (nSPS) is 49.2. The molecule has 1 fully saturated rings. The van der Waals surface area contributed by atoms with Crippen LogP contribution in [0.15, 0.2) is 0 Å². The zero-order valence-corrected chi connectivity index (χ0v) is 7.90. The summed E-state index contributed by atoms with van der Waals surface area (Å²) in [6.45, 7) is 5.81. The summed E-state index contributed by atoms with van der Waals surface area (Å²) in [4.78, 5) is 0. The van der Waals surface area contributed by atoms with Crippen molar-refractivity contribution in [3.8, 4) is 0 Å². The topological polar surface area (TPSA) is 49.7 Å². The lowest BCUT2D eigenvalue weighted by Crippen LogP contribution is -2.49. The minimum Gasteiger partial charge on any atom is -0.394 e. The molecule has 1 rings (SSSR count). The molecule has 5 atom stereocenters. The SMILES string of the molecule is CC1[C@H](C)OC(CO)[C@@H](C)[C@H]1O. The Morgan fingerprint density at radius 3 is 2.25 bits per heavy atom. The number of hydrogen-bond acceptors (Lipinski definition) is 3. The van der Waals surface area contributed by atoms with Crippen LogP contribution in [0.3, 0.4) is 0 Å². The molecule has 1 saturated heterocycles. The van der Waals surface area contributed by atoms with E-state index in [1.165, 1.54) is 0 Å². The van der Waals surface area contributed by atoms with Crippen molar-refractivity contribution < 1.29 is 14.9 Å². The number of ether oxygens (including phenoxy) is 1. The maximum atomic E-state index is 9.73. The maximum Gasteiger partial charge on any atom is 0.0859 e. The van der Waals surface area contributed by atoms with Crippen molar-refractivity contribution in [2.75, 3.05) is 6.61 Å². The molecule has 1 aliphatic heterocycles. The molecule has 3 nitrogen and oxygen atoms in total. The fourth-order valence-corrected chi connectivity index (χ4v) is 1.71. The third-order valence-electron chi connectivity index (χ3n) is 2.97.